The van der Waals surface area contributed by atoms with E-state index in [2.05, 4.69) is 10.3 Å². The minimum atomic E-state index is -0.208. The summed E-state index contributed by atoms with van der Waals surface area (Å²) in [6.45, 7) is 0. The van der Waals surface area contributed by atoms with Crippen molar-refractivity contribution in [3.63, 3.8) is 0 Å². The summed E-state index contributed by atoms with van der Waals surface area (Å²) >= 11 is 19.1. The molecule has 0 aliphatic heterocycles. The van der Waals surface area contributed by atoms with Crippen molar-refractivity contribution in [2.45, 2.75) is 5.03 Å². The highest BCUT2D eigenvalue weighted by atomic mass is 35.5. The maximum atomic E-state index is 11.9. The molecule has 0 fully saturated rings. The molecular weight excluding hydrogens is 339 g/mol. The lowest BCUT2D eigenvalue weighted by Gasteiger charge is -2.08. The topological polar surface area (TPSA) is 42.0 Å². The van der Waals surface area contributed by atoms with Crippen LogP contribution in [0, 0.1) is 0 Å². The van der Waals surface area contributed by atoms with E-state index in [1.807, 2.05) is 0 Å². The van der Waals surface area contributed by atoms with Crippen LogP contribution < -0.4 is 5.32 Å². The number of carbonyl (C=O) groups excluding carboxylic acids is 1. The predicted molar refractivity (Wildman–Crippen MR) is 85.1 cm³/mol. The summed E-state index contributed by atoms with van der Waals surface area (Å²) in [6, 6.07) is 8.51. The summed E-state index contributed by atoms with van der Waals surface area (Å²) in [5, 5.41) is 4.54. The molecule has 2 rings (SSSR count). The van der Waals surface area contributed by atoms with Gasteiger partial charge in [-0.2, -0.15) is 0 Å². The molecule has 7 heteroatoms. The zero-order valence-electron chi connectivity index (χ0n) is 10.1. The Morgan fingerprint density at radius 3 is 2.65 bits per heavy atom. The maximum Gasteiger partial charge on any atom is 0.234 e. The van der Waals surface area contributed by atoms with Gasteiger partial charge in [-0.3, -0.25) is 4.79 Å². The molecule has 0 aliphatic carbocycles. The molecule has 2 aromatic rings. The van der Waals surface area contributed by atoms with Crippen LogP contribution in [-0.4, -0.2) is 16.6 Å². The minimum absolute atomic E-state index is 0.180. The van der Waals surface area contributed by atoms with Crippen molar-refractivity contribution in [1.29, 1.82) is 0 Å². The first-order chi connectivity index (χ1) is 9.58. The van der Waals surface area contributed by atoms with Crippen LogP contribution in [0.3, 0.4) is 0 Å². The normalized spacial score (nSPS) is 10.3. The molecular formula is C13H9Cl3N2OS. The summed E-state index contributed by atoms with van der Waals surface area (Å²) in [7, 11) is 0. The lowest BCUT2D eigenvalue weighted by molar-refractivity contribution is -0.113. The van der Waals surface area contributed by atoms with Gasteiger partial charge in [-0.05, 0) is 24.3 Å². The molecule has 0 bridgehead atoms. The third kappa shape index (κ3) is 4.03. The van der Waals surface area contributed by atoms with Crippen molar-refractivity contribution in [2.24, 2.45) is 0 Å². The van der Waals surface area contributed by atoms with Crippen molar-refractivity contribution >= 4 is 58.2 Å². The minimum Gasteiger partial charge on any atom is -0.324 e. The number of hydrogen-bond donors (Lipinski definition) is 1. The Labute approximate surface area is 135 Å². The van der Waals surface area contributed by atoms with E-state index in [-0.39, 0.29) is 11.7 Å². The number of anilines is 1. The Hall–Kier alpha value is -0.940. The van der Waals surface area contributed by atoms with E-state index < -0.39 is 0 Å². The van der Waals surface area contributed by atoms with Gasteiger partial charge in [0.1, 0.15) is 5.03 Å². The van der Waals surface area contributed by atoms with Gasteiger partial charge in [0, 0.05) is 6.20 Å². The molecule has 1 N–H and O–H groups in total. The predicted octanol–water partition coefficient (Wildman–Crippen LogP) is 4.77. The molecule has 0 radical (unpaired) electrons. The van der Waals surface area contributed by atoms with Gasteiger partial charge in [-0.1, -0.05) is 52.6 Å². The molecule has 1 heterocycles. The van der Waals surface area contributed by atoms with Gasteiger partial charge in [0.25, 0.3) is 0 Å². The number of halogens is 3. The monoisotopic (exact) mass is 346 g/mol. The lowest BCUT2D eigenvalue weighted by Crippen LogP contribution is -2.14. The van der Waals surface area contributed by atoms with Crippen LogP contribution >= 0.6 is 46.6 Å². The van der Waals surface area contributed by atoms with Gasteiger partial charge in [-0.15, -0.1) is 0 Å². The van der Waals surface area contributed by atoms with E-state index in [1.165, 1.54) is 11.8 Å². The molecule has 0 aliphatic rings. The van der Waals surface area contributed by atoms with E-state index in [1.54, 1.807) is 36.5 Å². The summed E-state index contributed by atoms with van der Waals surface area (Å²) in [5.41, 5.74) is 0.483. The number of rotatable bonds is 4. The molecule has 0 unspecified atom stereocenters. The average molecular weight is 348 g/mol. The fourth-order valence-corrected chi connectivity index (χ4v) is 2.71. The van der Waals surface area contributed by atoms with E-state index in [0.29, 0.717) is 25.8 Å². The van der Waals surface area contributed by atoms with E-state index in [9.17, 15) is 4.79 Å². The molecule has 3 nitrogen and oxygen atoms in total. The summed E-state index contributed by atoms with van der Waals surface area (Å²) in [4.78, 5) is 15.9. The summed E-state index contributed by atoms with van der Waals surface area (Å²) in [6.07, 6.45) is 1.62. The third-order valence-corrected chi connectivity index (χ3v) is 4.53. The summed E-state index contributed by atoms with van der Waals surface area (Å²) < 4.78 is 0. The first-order valence-corrected chi connectivity index (χ1v) is 7.67. The number of amides is 1. The Balaban J connectivity index is 1.96. The average Bonchev–Trinajstić information content (AvgIpc) is 2.43. The van der Waals surface area contributed by atoms with Gasteiger partial charge >= 0.3 is 0 Å². The largest absolute Gasteiger partial charge is 0.324 e. The molecule has 1 aromatic heterocycles. The van der Waals surface area contributed by atoms with Gasteiger partial charge in [-0.25, -0.2) is 4.98 Å². The SMILES string of the molecule is O=C(CSc1ncccc1Cl)Nc1cccc(Cl)c1Cl. The quantitative estimate of drug-likeness (QED) is 0.810. The maximum absolute atomic E-state index is 11.9. The number of nitrogens with one attached hydrogen (secondary N) is 1. The third-order valence-electron chi connectivity index (χ3n) is 2.29. The van der Waals surface area contributed by atoms with Crippen LogP contribution in [0.5, 0.6) is 0 Å². The Kier molecular flexibility index (Phi) is 5.54. The van der Waals surface area contributed by atoms with Gasteiger partial charge < -0.3 is 5.32 Å². The number of thioether (sulfide) groups is 1. The van der Waals surface area contributed by atoms with Crippen molar-refractivity contribution in [3.05, 3.63) is 51.6 Å². The molecule has 1 amide bonds. The molecule has 104 valence electrons. The lowest BCUT2D eigenvalue weighted by atomic mass is 10.3. The highest BCUT2D eigenvalue weighted by Gasteiger charge is 2.10. The first-order valence-electron chi connectivity index (χ1n) is 5.55. The van der Waals surface area contributed by atoms with Gasteiger partial charge in [0.05, 0.1) is 26.5 Å². The smallest absolute Gasteiger partial charge is 0.234 e. The number of nitrogens with zero attached hydrogens (tertiary/aromatic N) is 1. The van der Waals surface area contributed by atoms with Gasteiger partial charge in [0.15, 0.2) is 0 Å². The van der Waals surface area contributed by atoms with Crippen LogP contribution in [0.2, 0.25) is 15.1 Å². The van der Waals surface area contributed by atoms with Gasteiger partial charge in [0.2, 0.25) is 5.91 Å². The van der Waals surface area contributed by atoms with Crippen molar-refractivity contribution in [2.75, 3.05) is 11.1 Å². The Morgan fingerprint density at radius 2 is 1.90 bits per heavy atom. The van der Waals surface area contributed by atoms with Crippen molar-refractivity contribution < 1.29 is 4.79 Å². The van der Waals surface area contributed by atoms with Crippen LogP contribution in [-0.2, 0) is 4.79 Å². The fraction of sp³-hybridized carbons (Fsp3) is 0.0769. The van der Waals surface area contributed by atoms with E-state index >= 15 is 0 Å². The van der Waals surface area contributed by atoms with Crippen LogP contribution in [0.1, 0.15) is 0 Å². The number of benzene rings is 1. The number of hydrogen-bond acceptors (Lipinski definition) is 3. The molecule has 20 heavy (non-hydrogen) atoms. The molecule has 0 saturated carbocycles. The number of carbonyl (C=O) groups is 1. The second-order valence-corrected chi connectivity index (χ2v) is 5.89. The first kappa shape index (κ1) is 15.4. The van der Waals surface area contributed by atoms with Crippen molar-refractivity contribution in [1.82, 2.24) is 4.98 Å². The summed E-state index contributed by atoms with van der Waals surface area (Å²) in [5.74, 6) is -0.0274. The number of aromatic nitrogens is 1. The molecule has 0 atom stereocenters. The zero-order valence-corrected chi connectivity index (χ0v) is 13.2. The fourth-order valence-electron chi connectivity index (χ4n) is 1.40. The highest BCUT2D eigenvalue weighted by molar-refractivity contribution is 8.00. The number of pyridine rings is 1. The Bertz CT molecular complexity index is 637. The highest BCUT2D eigenvalue weighted by Crippen LogP contribution is 2.30. The second kappa shape index (κ2) is 7.18. The Morgan fingerprint density at radius 1 is 1.15 bits per heavy atom. The molecule has 1 aromatic carbocycles. The molecule has 0 saturated heterocycles. The second-order valence-electron chi connectivity index (χ2n) is 3.73. The van der Waals surface area contributed by atoms with Crippen LogP contribution in [0.4, 0.5) is 5.69 Å². The van der Waals surface area contributed by atoms with Crippen molar-refractivity contribution in [3.8, 4) is 0 Å². The van der Waals surface area contributed by atoms with Crippen LogP contribution in [0.25, 0.3) is 0 Å². The van der Waals surface area contributed by atoms with Crippen LogP contribution in [0.15, 0.2) is 41.6 Å². The molecule has 0 spiro atoms. The standard InChI is InChI=1S/C13H9Cl3N2OS/c14-8-3-1-5-10(12(8)16)18-11(19)7-20-13-9(15)4-2-6-17-13/h1-6H,7H2,(H,18,19). The van der Waals surface area contributed by atoms with E-state index in [0.717, 1.165) is 0 Å². The van der Waals surface area contributed by atoms with E-state index in [4.69, 9.17) is 34.8 Å². The zero-order chi connectivity index (χ0) is 14.5.